The summed E-state index contributed by atoms with van der Waals surface area (Å²) in [5, 5.41) is 3.52. The molecule has 0 atom stereocenters. The summed E-state index contributed by atoms with van der Waals surface area (Å²) >= 11 is 0. The van der Waals surface area contributed by atoms with Crippen molar-refractivity contribution in [3.63, 3.8) is 0 Å². The van der Waals surface area contributed by atoms with Crippen molar-refractivity contribution in [2.45, 2.75) is 18.9 Å². The monoisotopic (exact) mass is 296 g/mol. The van der Waals surface area contributed by atoms with Gasteiger partial charge in [-0.1, -0.05) is 18.2 Å². The molecule has 0 saturated carbocycles. The molecule has 4 nitrogen and oxygen atoms in total. The van der Waals surface area contributed by atoms with Crippen LogP contribution in [0.2, 0.25) is 0 Å². The van der Waals surface area contributed by atoms with Gasteiger partial charge in [0.2, 0.25) is 5.91 Å². The summed E-state index contributed by atoms with van der Waals surface area (Å²) in [6.45, 7) is 1.57. The van der Waals surface area contributed by atoms with Gasteiger partial charge in [-0.2, -0.15) is 0 Å². The first-order valence-corrected chi connectivity index (χ1v) is 7.63. The Morgan fingerprint density at radius 1 is 1.14 bits per heavy atom. The maximum Gasteiger partial charge on any atom is 0.246 e. The number of para-hydroxylation sites is 1. The van der Waals surface area contributed by atoms with Crippen molar-refractivity contribution in [2.75, 3.05) is 18.4 Å². The Bertz CT molecular complexity index is 612. The summed E-state index contributed by atoms with van der Waals surface area (Å²) < 4.78 is 5.19. The van der Waals surface area contributed by atoms with Gasteiger partial charge in [-0.25, -0.2) is 0 Å². The molecule has 1 fully saturated rings. The largest absolute Gasteiger partial charge is 0.465 e. The zero-order chi connectivity index (χ0) is 15.2. The summed E-state index contributed by atoms with van der Waals surface area (Å²) in [6.07, 6.45) is 6.84. The summed E-state index contributed by atoms with van der Waals surface area (Å²) in [6, 6.07) is 14.3. The number of rotatable bonds is 4. The molecule has 2 heterocycles. The van der Waals surface area contributed by atoms with Crippen LogP contribution in [0.1, 0.15) is 18.6 Å². The highest BCUT2D eigenvalue weighted by Crippen LogP contribution is 2.16. The molecule has 1 saturated heterocycles. The molecule has 1 aliphatic heterocycles. The minimum atomic E-state index is 0.0505. The van der Waals surface area contributed by atoms with Crippen LogP contribution >= 0.6 is 0 Å². The normalized spacial score (nSPS) is 16.1. The molecule has 1 amide bonds. The van der Waals surface area contributed by atoms with Crippen LogP contribution in [0.5, 0.6) is 0 Å². The smallest absolute Gasteiger partial charge is 0.246 e. The molecule has 0 spiro atoms. The SMILES string of the molecule is O=C(C=Cc1ccco1)N1CCC(Nc2ccccc2)CC1. The van der Waals surface area contributed by atoms with E-state index in [2.05, 4.69) is 17.4 Å². The van der Waals surface area contributed by atoms with Crippen LogP contribution in [0.4, 0.5) is 5.69 Å². The Hall–Kier alpha value is -2.49. The van der Waals surface area contributed by atoms with E-state index in [1.54, 1.807) is 18.4 Å². The standard InChI is InChI=1S/C18H20N2O2/c21-18(9-8-17-7-4-14-22-17)20-12-10-16(11-13-20)19-15-5-2-1-3-6-15/h1-9,14,16,19H,10-13H2. The predicted molar refractivity (Wildman–Crippen MR) is 87.4 cm³/mol. The van der Waals surface area contributed by atoms with Gasteiger partial charge in [-0.3, -0.25) is 4.79 Å². The highest BCUT2D eigenvalue weighted by atomic mass is 16.3. The maximum atomic E-state index is 12.1. The highest BCUT2D eigenvalue weighted by Gasteiger charge is 2.21. The lowest BCUT2D eigenvalue weighted by Gasteiger charge is -2.32. The Morgan fingerprint density at radius 2 is 1.91 bits per heavy atom. The van der Waals surface area contributed by atoms with E-state index in [9.17, 15) is 4.79 Å². The first kappa shape index (κ1) is 14.4. The molecule has 1 aromatic carbocycles. The van der Waals surface area contributed by atoms with Crippen molar-refractivity contribution in [3.8, 4) is 0 Å². The number of nitrogens with zero attached hydrogens (tertiary/aromatic N) is 1. The average Bonchev–Trinajstić information content (AvgIpc) is 3.08. The number of anilines is 1. The molecule has 0 unspecified atom stereocenters. The molecule has 0 aliphatic carbocycles. The van der Waals surface area contributed by atoms with E-state index in [-0.39, 0.29) is 5.91 Å². The van der Waals surface area contributed by atoms with Crippen LogP contribution in [0.15, 0.2) is 59.2 Å². The minimum Gasteiger partial charge on any atom is -0.465 e. The van der Waals surface area contributed by atoms with Gasteiger partial charge in [0.05, 0.1) is 6.26 Å². The van der Waals surface area contributed by atoms with Crippen molar-refractivity contribution < 1.29 is 9.21 Å². The second-order valence-corrected chi connectivity index (χ2v) is 5.46. The van der Waals surface area contributed by atoms with Gasteiger partial charge in [-0.05, 0) is 43.2 Å². The lowest BCUT2D eigenvalue weighted by atomic mass is 10.0. The van der Waals surface area contributed by atoms with Gasteiger partial charge < -0.3 is 14.6 Å². The summed E-state index contributed by atoms with van der Waals surface area (Å²) in [7, 11) is 0. The third-order valence-electron chi connectivity index (χ3n) is 3.88. The molecule has 0 radical (unpaired) electrons. The van der Waals surface area contributed by atoms with Gasteiger partial charge in [0.15, 0.2) is 0 Å². The van der Waals surface area contributed by atoms with Crippen LogP contribution in [0, 0.1) is 0 Å². The number of piperidine rings is 1. The number of nitrogens with one attached hydrogen (secondary N) is 1. The number of furan rings is 1. The molecular weight excluding hydrogens is 276 g/mol. The zero-order valence-corrected chi connectivity index (χ0v) is 12.4. The minimum absolute atomic E-state index is 0.0505. The van der Waals surface area contributed by atoms with Gasteiger partial charge in [0.1, 0.15) is 5.76 Å². The topological polar surface area (TPSA) is 45.5 Å². The molecular formula is C18H20N2O2. The average molecular weight is 296 g/mol. The zero-order valence-electron chi connectivity index (χ0n) is 12.4. The Kier molecular flexibility index (Phi) is 4.59. The van der Waals surface area contributed by atoms with Crippen molar-refractivity contribution >= 4 is 17.7 Å². The Balaban J connectivity index is 1.48. The van der Waals surface area contributed by atoms with E-state index in [0.29, 0.717) is 11.8 Å². The van der Waals surface area contributed by atoms with Crippen molar-refractivity contribution in [1.82, 2.24) is 4.90 Å². The molecule has 114 valence electrons. The molecule has 22 heavy (non-hydrogen) atoms. The van der Waals surface area contributed by atoms with Crippen LogP contribution in [-0.2, 0) is 4.79 Å². The predicted octanol–water partition coefficient (Wildman–Crippen LogP) is 3.40. The molecule has 0 bridgehead atoms. The Morgan fingerprint density at radius 3 is 2.59 bits per heavy atom. The molecule has 1 aliphatic rings. The van der Waals surface area contributed by atoms with E-state index in [0.717, 1.165) is 31.6 Å². The summed E-state index contributed by atoms with van der Waals surface area (Å²) in [5.74, 6) is 0.753. The molecule has 1 N–H and O–H groups in total. The molecule has 1 aromatic heterocycles. The number of hydrogen-bond donors (Lipinski definition) is 1. The number of amides is 1. The number of carbonyl (C=O) groups excluding carboxylic acids is 1. The first-order valence-electron chi connectivity index (χ1n) is 7.63. The van der Waals surface area contributed by atoms with Crippen molar-refractivity contribution in [3.05, 3.63) is 60.6 Å². The van der Waals surface area contributed by atoms with Crippen molar-refractivity contribution in [2.24, 2.45) is 0 Å². The lowest BCUT2D eigenvalue weighted by Crippen LogP contribution is -2.41. The third-order valence-corrected chi connectivity index (χ3v) is 3.88. The van der Waals surface area contributed by atoms with Crippen LogP contribution in [-0.4, -0.2) is 29.9 Å². The fraction of sp³-hybridized carbons (Fsp3) is 0.278. The summed E-state index contributed by atoms with van der Waals surface area (Å²) in [4.78, 5) is 14.0. The highest BCUT2D eigenvalue weighted by molar-refractivity contribution is 5.91. The fourth-order valence-electron chi connectivity index (χ4n) is 2.66. The van der Waals surface area contributed by atoms with Gasteiger partial charge >= 0.3 is 0 Å². The quantitative estimate of drug-likeness (QED) is 0.880. The number of benzene rings is 1. The molecule has 4 heteroatoms. The van der Waals surface area contributed by atoms with Crippen molar-refractivity contribution in [1.29, 1.82) is 0 Å². The fourth-order valence-corrected chi connectivity index (χ4v) is 2.66. The molecule has 2 aromatic rings. The first-order chi connectivity index (χ1) is 10.8. The number of hydrogen-bond acceptors (Lipinski definition) is 3. The van der Waals surface area contributed by atoms with Gasteiger partial charge in [-0.15, -0.1) is 0 Å². The lowest BCUT2D eigenvalue weighted by molar-refractivity contribution is -0.126. The van der Waals surface area contributed by atoms with E-state index in [1.165, 1.54) is 0 Å². The van der Waals surface area contributed by atoms with Gasteiger partial charge in [0, 0.05) is 30.9 Å². The van der Waals surface area contributed by atoms with E-state index < -0.39 is 0 Å². The van der Waals surface area contributed by atoms with E-state index in [1.807, 2.05) is 35.2 Å². The Labute approximate surface area is 130 Å². The second-order valence-electron chi connectivity index (χ2n) is 5.46. The maximum absolute atomic E-state index is 12.1. The second kappa shape index (κ2) is 6.98. The number of likely N-dealkylation sites (tertiary alicyclic amines) is 1. The van der Waals surface area contributed by atoms with Crippen LogP contribution in [0.25, 0.3) is 6.08 Å². The third kappa shape index (κ3) is 3.79. The summed E-state index contributed by atoms with van der Waals surface area (Å²) in [5.41, 5.74) is 1.14. The van der Waals surface area contributed by atoms with E-state index >= 15 is 0 Å². The van der Waals surface area contributed by atoms with E-state index in [4.69, 9.17) is 4.42 Å². The van der Waals surface area contributed by atoms with Gasteiger partial charge in [0.25, 0.3) is 0 Å². The number of carbonyl (C=O) groups is 1. The van der Waals surface area contributed by atoms with Crippen LogP contribution in [0.3, 0.4) is 0 Å². The molecule has 3 rings (SSSR count). The van der Waals surface area contributed by atoms with Crippen LogP contribution < -0.4 is 5.32 Å².